The van der Waals surface area contributed by atoms with Gasteiger partial charge in [0, 0.05) is 42.0 Å². The van der Waals surface area contributed by atoms with Crippen molar-refractivity contribution in [2.75, 3.05) is 11.9 Å². The second-order valence-electron chi connectivity index (χ2n) is 6.57. The Labute approximate surface area is 141 Å². The number of nitrogens with one attached hydrogen (secondary N) is 1. The van der Waals surface area contributed by atoms with Crippen LogP contribution in [0.3, 0.4) is 0 Å². The van der Waals surface area contributed by atoms with E-state index in [1.807, 2.05) is 6.07 Å². The van der Waals surface area contributed by atoms with Crippen LogP contribution < -0.4 is 5.32 Å². The molecule has 0 saturated heterocycles. The predicted molar refractivity (Wildman–Crippen MR) is 95.2 cm³/mol. The van der Waals surface area contributed by atoms with Gasteiger partial charge < -0.3 is 15.0 Å². The van der Waals surface area contributed by atoms with Gasteiger partial charge in [-0.05, 0) is 37.3 Å². The number of nitrogens with zero attached hydrogens (tertiary/aromatic N) is 3. The number of rotatable bonds is 5. The number of anilines is 1. The van der Waals surface area contributed by atoms with Crippen molar-refractivity contribution in [2.45, 2.75) is 38.3 Å². The van der Waals surface area contributed by atoms with E-state index >= 15 is 0 Å². The van der Waals surface area contributed by atoms with Crippen molar-refractivity contribution in [3.63, 3.8) is 0 Å². The summed E-state index contributed by atoms with van der Waals surface area (Å²) in [5.74, 6) is 1.23. The van der Waals surface area contributed by atoms with Gasteiger partial charge in [-0.15, -0.1) is 0 Å². The smallest absolute Gasteiger partial charge is 0.129 e. The Hall–Kier alpha value is -2.40. The summed E-state index contributed by atoms with van der Waals surface area (Å²) in [6.45, 7) is 3.84. The SMILES string of the molecule is Cc1cc2ccccc2n1CCNc1cc(C2CC(O)C2)ncn1. The maximum absolute atomic E-state index is 9.45. The van der Waals surface area contributed by atoms with Crippen molar-refractivity contribution in [1.82, 2.24) is 14.5 Å². The van der Waals surface area contributed by atoms with Crippen LogP contribution in [0, 0.1) is 6.92 Å². The Morgan fingerprint density at radius 3 is 2.88 bits per heavy atom. The summed E-state index contributed by atoms with van der Waals surface area (Å²) in [6.07, 6.45) is 3.07. The van der Waals surface area contributed by atoms with Crippen LogP contribution in [-0.4, -0.2) is 32.3 Å². The molecule has 3 aromatic rings. The molecule has 24 heavy (non-hydrogen) atoms. The highest BCUT2D eigenvalue weighted by Gasteiger charge is 2.29. The normalized spacial score (nSPS) is 20.1. The fraction of sp³-hybridized carbons (Fsp3) is 0.368. The Kier molecular flexibility index (Phi) is 3.94. The van der Waals surface area contributed by atoms with Crippen LogP contribution in [0.25, 0.3) is 10.9 Å². The Bertz CT molecular complexity index is 851. The molecule has 0 atom stereocenters. The summed E-state index contributed by atoms with van der Waals surface area (Å²) in [4.78, 5) is 8.65. The Morgan fingerprint density at radius 2 is 2.04 bits per heavy atom. The van der Waals surface area contributed by atoms with E-state index in [1.54, 1.807) is 6.33 Å². The zero-order valence-electron chi connectivity index (χ0n) is 13.8. The summed E-state index contributed by atoms with van der Waals surface area (Å²) < 4.78 is 2.33. The molecule has 0 amide bonds. The summed E-state index contributed by atoms with van der Waals surface area (Å²) in [6, 6.07) is 12.7. The number of aliphatic hydroxyl groups is 1. The van der Waals surface area contributed by atoms with Gasteiger partial charge in [0.1, 0.15) is 12.1 Å². The zero-order valence-corrected chi connectivity index (χ0v) is 13.8. The molecule has 1 aliphatic rings. The number of benzene rings is 1. The average molecular weight is 322 g/mol. The predicted octanol–water partition coefficient (Wildman–Crippen LogP) is 3.09. The van der Waals surface area contributed by atoms with Crippen molar-refractivity contribution in [3.05, 3.63) is 54.1 Å². The van der Waals surface area contributed by atoms with Crippen LogP contribution >= 0.6 is 0 Å². The van der Waals surface area contributed by atoms with E-state index in [0.29, 0.717) is 5.92 Å². The second kappa shape index (κ2) is 6.24. The quantitative estimate of drug-likeness (QED) is 0.758. The summed E-state index contributed by atoms with van der Waals surface area (Å²) >= 11 is 0. The number of fused-ring (bicyclic) bond motifs is 1. The second-order valence-corrected chi connectivity index (χ2v) is 6.57. The molecule has 0 spiro atoms. The topological polar surface area (TPSA) is 63.0 Å². The fourth-order valence-electron chi connectivity index (χ4n) is 3.46. The number of hydrogen-bond donors (Lipinski definition) is 2. The highest BCUT2D eigenvalue weighted by molar-refractivity contribution is 5.81. The molecule has 4 rings (SSSR count). The van der Waals surface area contributed by atoms with E-state index in [9.17, 15) is 5.11 Å². The first-order chi connectivity index (χ1) is 11.7. The van der Waals surface area contributed by atoms with Gasteiger partial charge in [-0.2, -0.15) is 0 Å². The van der Waals surface area contributed by atoms with Crippen LogP contribution in [0.15, 0.2) is 42.7 Å². The Morgan fingerprint density at radius 1 is 1.21 bits per heavy atom. The van der Waals surface area contributed by atoms with Gasteiger partial charge >= 0.3 is 0 Å². The first-order valence-corrected chi connectivity index (χ1v) is 8.49. The van der Waals surface area contributed by atoms with Gasteiger partial charge in [-0.3, -0.25) is 0 Å². The zero-order chi connectivity index (χ0) is 16.5. The van der Waals surface area contributed by atoms with E-state index in [0.717, 1.165) is 37.4 Å². The van der Waals surface area contributed by atoms with Gasteiger partial charge in [0.2, 0.25) is 0 Å². The molecule has 0 radical (unpaired) electrons. The van der Waals surface area contributed by atoms with Crippen LogP contribution in [0.5, 0.6) is 0 Å². The van der Waals surface area contributed by atoms with Gasteiger partial charge in [0.05, 0.1) is 6.10 Å². The third-order valence-electron chi connectivity index (χ3n) is 4.88. The van der Waals surface area contributed by atoms with Gasteiger partial charge in [-0.25, -0.2) is 9.97 Å². The number of aromatic nitrogens is 3. The van der Waals surface area contributed by atoms with Crippen LogP contribution in [0.2, 0.25) is 0 Å². The molecule has 1 aliphatic carbocycles. The molecule has 2 heterocycles. The molecule has 0 aliphatic heterocycles. The number of hydrogen-bond acceptors (Lipinski definition) is 4. The molecular weight excluding hydrogens is 300 g/mol. The third kappa shape index (κ3) is 2.87. The third-order valence-corrected chi connectivity index (χ3v) is 4.88. The largest absolute Gasteiger partial charge is 0.393 e. The highest BCUT2D eigenvalue weighted by atomic mass is 16.3. The van der Waals surface area contributed by atoms with Crippen molar-refractivity contribution in [2.24, 2.45) is 0 Å². The monoisotopic (exact) mass is 322 g/mol. The van der Waals surface area contributed by atoms with E-state index in [4.69, 9.17) is 0 Å². The first-order valence-electron chi connectivity index (χ1n) is 8.49. The minimum Gasteiger partial charge on any atom is -0.393 e. The van der Waals surface area contributed by atoms with Crippen molar-refractivity contribution < 1.29 is 5.11 Å². The molecule has 0 bridgehead atoms. The van der Waals surface area contributed by atoms with E-state index < -0.39 is 0 Å². The number of aliphatic hydroxyl groups excluding tert-OH is 1. The standard InChI is InChI=1S/C19H22N4O/c1-13-8-14-4-2-3-5-18(14)23(13)7-6-20-19-11-17(21-12-22-19)15-9-16(24)10-15/h2-5,8,11-12,15-16,24H,6-7,9-10H2,1H3,(H,20,21,22). The molecule has 2 aromatic heterocycles. The average Bonchev–Trinajstić information content (AvgIpc) is 2.88. The summed E-state index contributed by atoms with van der Waals surface area (Å²) in [7, 11) is 0. The molecule has 2 N–H and O–H groups in total. The molecule has 124 valence electrons. The molecule has 0 unspecified atom stereocenters. The maximum atomic E-state index is 9.45. The molecule has 5 nitrogen and oxygen atoms in total. The van der Waals surface area contributed by atoms with Crippen LogP contribution in [0.1, 0.15) is 30.1 Å². The van der Waals surface area contributed by atoms with Crippen LogP contribution in [-0.2, 0) is 6.54 Å². The minimum atomic E-state index is -0.161. The van der Waals surface area contributed by atoms with Gasteiger partial charge in [-0.1, -0.05) is 18.2 Å². The number of aryl methyl sites for hydroxylation is 1. The highest BCUT2D eigenvalue weighted by Crippen LogP contribution is 2.35. The van der Waals surface area contributed by atoms with E-state index in [1.165, 1.54) is 16.6 Å². The lowest BCUT2D eigenvalue weighted by Gasteiger charge is -2.30. The molecule has 1 aromatic carbocycles. The van der Waals surface area contributed by atoms with Crippen LogP contribution in [0.4, 0.5) is 5.82 Å². The van der Waals surface area contributed by atoms with Crippen molar-refractivity contribution in [3.8, 4) is 0 Å². The molecule has 5 heteroatoms. The Balaban J connectivity index is 1.42. The van der Waals surface area contributed by atoms with Gasteiger partial charge in [0.15, 0.2) is 0 Å². The lowest BCUT2D eigenvalue weighted by Crippen LogP contribution is -2.27. The first kappa shape index (κ1) is 15.1. The van der Waals surface area contributed by atoms with Crippen molar-refractivity contribution >= 4 is 16.7 Å². The number of para-hydroxylation sites is 1. The fourth-order valence-corrected chi connectivity index (χ4v) is 3.46. The lowest BCUT2D eigenvalue weighted by atomic mass is 9.80. The lowest BCUT2D eigenvalue weighted by molar-refractivity contribution is 0.0732. The van der Waals surface area contributed by atoms with Gasteiger partial charge in [0.25, 0.3) is 0 Å². The summed E-state index contributed by atoms with van der Waals surface area (Å²) in [5, 5.41) is 14.1. The minimum absolute atomic E-state index is 0.161. The van der Waals surface area contributed by atoms with E-state index in [-0.39, 0.29) is 6.10 Å². The van der Waals surface area contributed by atoms with E-state index in [2.05, 4.69) is 57.1 Å². The molecule has 1 fully saturated rings. The molecule has 1 saturated carbocycles. The summed E-state index contributed by atoms with van der Waals surface area (Å²) in [5.41, 5.74) is 3.56. The maximum Gasteiger partial charge on any atom is 0.129 e. The molecular formula is C19H22N4O. The van der Waals surface area contributed by atoms with Crippen molar-refractivity contribution in [1.29, 1.82) is 0 Å².